The number of halogens is 1. The van der Waals surface area contributed by atoms with E-state index in [0.717, 1.165) is 0 Å². The molecule has 1 atom stereocenters. The molecule has 2 aromatic rings. The lowest BCUT2D eigenvalue weighted by molar-refractivity contribution is -0.125. The molecule has 0 aromatic heterocycles. The molecule has 9 heteroatoms. The number of anilines is 2. The number of Topliss-reactive ketones (excluding diaryl/α,β-unsaturated/α-hetero) is 1. The first-order valence-corrected chi connectivity index (χ1v) is 9.93. The van der Waals surface area contributed by atoms with Crippen LogP contribution in [0.3, 0.4) is 0 Å². The van der Waals surface area contributed by atoms with E-state index < -0.39 is 10.8 Å². The third-order valence-electron chi connectivity index (χ3n) is 4.42. The maximum absolute atomic E-state index is 12.8. The Morgan fingerprint density at radius 2 is 1.75 bits per heavy atom. The molecule has 0 aliphatic carbocycles. The van der Waals surface area contributed by atoms with Crippen LogP contribution in [-0.2, 0) is 9.59 Å². The highest BCUT2D eigenvalue weighted by atomic mass is 35.5. The number of hydrogen-bond donors (Lipinski definition) is 2. The summed E-state index contributed by atoms with van der Waals surface area (Å²) in [4.78, 5) is 25.1. The number of para-hydroxylation sites is 2. The first kappa shape index (κ1) is 20.2. The van der Waals surface area contributed by atoms with E-state index in [1.165, 1.54) is 21.7 Å². The number of hydrogen-bond acceptors (Lipinski definition) is 6. The standard InChI is InChI=1S/C19H20ClN5O2S/c20-19(16(26)13-24(17(19)27)14-7-3-1-4-8-14)11-12-28-18(23-21)25(22)15-9-5-2-6-10-15/h1-10H,11-13,21-22H2/b23-18+. The van der Waals surface area contributed by atoms with Gasteiger partial charge in [-0.1, -0.05) is 59.8 Å². The summed E-state index contributed by atoms with van der Waals surface area (Å²) in [5.41, 5.74) is 1.36. The Bertz CT molecular complexity index is 880. The maximum Gasteiger partial charge on any atom is 0.256 e. The number of amidine groups is 1. The molecule has 28 heavy (non-hydrogen) atoms. The lowest BCUT2D eigenvalue weighted by Crippen LogP contribution is -2.40. The van der Waals surface area contributed by atoms with Gasteiger partial charge in [-0.2, -0.15) is 5.10 Å². The van der Waals surface area contributed by atoms with E-state index in [1.807, 2.05) is 36.4 Å². The number of ketones is 1. The Balaban J connectivity index is 1.65. The lowest BCUT2D eigenvalue weighted by atomic mass is 10.0. The van der Waals surface area contributed by atoms with Gasteiger partial charge in [-0.25, -0.2) is 5.84 Å². The quantitative estimate of drug-likeness (QED) is 0.193. The van der Waals surface area contributed by atoms with Gasteiger partial charge in [0.2, 0.25) is 5.17 Å². The Morgan fingerprint density at radius 1 is 1.14 bits per heavy atom. The van der Waals surface area contributed by atoms with E-state index >= 15 is 0 Å². The van der Waals surface area contributed by atoms with Gasteiger partial charge in [0, 0.05) is 11.4 Å². The summed E-state index contributed by atoms with van der Waals surface area (Å²) in [6.07, 6.45) is 0.141. The van der Waals surface area contributed by atoms with E-state index in [-0.39, 0.29) is 18.7 Å². The van der Waals surface area contributed by atoms with Gasteiger partial charge < -0.3 is 10.7 Å². The van der Waals surface area contributed by atoms with E-state index in [2.05, 4.69) is 5.10 Å². The van der Waals surface area contributed by atoms with E-state index in [0.29, 0.717) is 22.3 Å². The lowest BCUT2D eigenvalue weighted by Gasteiger charge is -2.22. The van der Waals surface area contributed by atoms with E-state index in [1.54, 1.807) is 24.3 Å². The summed E-state index contributed by atoms with van der Waals surface area (Å²) < 4.78 is 0. The average Bonchev–Trinajstić information content (AvgIpc) is 2.96. The Morgan fingerprint density at radius 3 is 2.36 bits per heavy atom. The van der Waals surface area contributed by atoms with Crippen LogP contribution in [0.5, 0.6) is 0 Å². The number of hydrazone groups is 1. The van der Waals surface area contributed by atoms with Crippen LogP contribution in [-0.4, -0.2) is 34.0 Å². The van der Waals surface area contributed by atoms with Crippen molar-refractivity contribution >= 4 is 51.6 Å². The molecule has 0 saturated carbocycles. The van der Waals surface area contributed by atoms with Crippen LogP contribution in [0.1, 0.15) is 6.42 Å². The van der Waals surface area contributed by atoms with E-state index in [4.69, 9.17) is 23.3 Å². The van der Waals surface area contributed by atoms with Gasteiger partial charge in [0.05, 0.1) is 12.2 Å². The number of carbonyl (C=O) groups excluding carboxylic acids is 2. The molecule has 1 saturated heterocycles. The molecule has 2 aromatic carbocycles. The van der Waals surface area contributed by atoms with E-state index in [9.17, 15) is 9.59 Å². The zero-order valence-corrected chi connectivity index (χ0v) is 16.6. The van der Waals surface area contributed by atoms with Crippen molar-refractivity contribution < 1.29 is 9.59 Å². The number of thioether (sulfide) groups is 1. The van der Waals surface area contributed by atoms with Crippen molar-refractivity contribution in [2.24, 2.45) is 16.8 Å². The largest absolute Gasteiger partial charge is 0.321 e. The second kappa shape index (κ2) is 8.64. The zero-order chi connectivity index (χ0) is 20.1. The highest BCUT2D eigenvalue weighted by Crippen LogP contribution is 2.34. The molecule has 1 heterocycles. The number of nitrogens with two attached hydrogens (primary N) is 2. The van der Waals surface area contributed by atoms with Gasteiger partial charge >= 0.3 is 0 Å². The summed E-state index contributed by atoms with van der Waals surface area (Å²) in [5, 5.41) is 5.41. The minimum absolute atomic E-state index is 0.0398. The van der Waals surface area contributed by atoms with Crippen LogP contribution in [0, 0.1) is 0 Å². The fourth-order valence-corrected chi connectivity index (χ4v) is 4.17. The molecule has 146 valence electrons. The molecule has 3 rings (SSSR count). The number of rotatable bonds is 5. The van der Waals surface area contributed by atoms with Crippen LogP contribution >= 0.6 is 23.4 Å². The minimum Gasteiger partial charge on any atom is -0.321 e. The van der Waals surface area contributed by atoms with Crippen LogP contribution in [0.25, 0.3) is 0 Å². The van der Waals surface area contributed by atoms with Gasteiger partial charge in [-0.05, 0) is 30.7 Å². The van der Waals surface area contributed by atoms with Crippen molar-refractivity contribution in [1.82, 2.24) is 0 Å². The third-order valence-corrected chi connectivity index (χ3v) is 5.95. The van der Waals surface area contributed by atoms with Crippen LogP contribution < -0.4 is 21.6 Å². The summed E-state index contributed by atoms with van der Waals surface area (Å²) in [5.74, 6) is 11.1. The second-order valence-electron chi connectivity index (χ2n) is 6.17. The van der Waals surface area contributed by atoms with Crippen LogP contribution in [0.15, 0.2) is 65.8 Å². The Labute approximate surface area is 172 Å². The topological polar surface area (TPSA) is 105 Å². The van der Waals surface area contributed by atoms with Crippen molar-refractivity contribution in [3.63, 3.8) is 0 Å². The molecule has 0 bridgehead atoms. The molecule has 1 aliphatic rings. The summed E-state index contributed by atoms with van der Waals surface area (Å²) >= 11 is 7.70. The number of alkyl halides is 1. The van der Waals surface area contributed by atoms with Crippen molar-refractivity contribution in [3.8, 4) is 0 Å². The number of benzene rings is 2. The molecule has 1 fully saturated rings. The SMILES string of the molecule is N/N=C(/SCCC1(Cl)C(=O)CN(c2ccccc2)C1=O)N(N)c1ccccc1. The van der Waals surface area contributed by atoms with Crippen molar-refractivity contribution in [3.05, 3.63) is 60.7 Å². The molecule has 1 aliphatic heterocycles. The van der Waals surface area contributed by atoms with Gasteiger partial charge in [0.15, 0.2) is 10.7 Å². The normalized spacial score (nSPS) is 19.9. The minimum atomic E-state index is -1.59. The predicted octanol–water partition coefficient (Wildman–Crippen LogP) is 2.31. The predicted molar refractivity (Wildman–Crippen MR) is 114 cm³/mol. The molecular weight excluding hydrogens is 398 g/mol. The second-order valence-corrected chi connectivity index (χ2v) is 7.87. The van der Waals surface area contributed by atoms with Crippen LogP contribution in [0.2, 0.25) is 0 Å². The molecule has 1 amide bonds. The third kappa shape index (κ3) is 3.99. The molecule has 0 spiro atoms. The smallest absolute Gasteiger partial charge is 0.256 e. The Hall–Kier alpha value is -2.55. The highest BCUT2D eigenvalue weighted by molar-refractivity contribution is 8.14. The molecular formula is C19H20ClN5O2S. The summed E-state index contributed by atoms with van der Waals surface area (Å²) in [6, 6.07) is 18.2. The van der Waals surface area contributed by atoms with Gasteiger partial charge in [0.1, 0.15) is 0 Å². The molecule has 0 radical (unpaired) electrons. The molecule has 4 N–H and O–H groups in total. The van der Waals surface area contributed by atoms with Crippen LogP contribution in [0.4, 0.5) is 11.4 Å². The average molecular weight is 418 g/mol. The molecule has 7 nitrogen and oxygen atoms in total. The van der Waals surface area contributed by atoms with Gasteiger partial charge in [-0.15, -0.1) is 0 Å². The molecule has 1 unspecified atom stereocenters. The summed E-state index contributed by atoms with van der Waals surface area (Å²) in [6.45, 7) is -0.0398. The van der Waals surface area contributed by atoms with Crippen molar-refractivity contribution in [1.29, 1.82) is 0 Å². The summed E-state index contributed by atoms with van der Waals surface area (Å²) in [7, 11) is 0. The number of amides is 1. The monoisotopic (exact) mass is 417 g/mol. The fraction of sp³-hybridized carbons (Fsp3) is 0.211. The van der Waals surface area contributed by atoms with Gasteiger partial charge in [0.25, 0.3) is 5.91 Å². The fourth-order valence-electron chi connectivity index (χ4n) is 2.89. The van der Waals surface area contributed by atoms with Gasteiger partial charge in [-0.3, -0.25) is 14.6 Å². The number of carbonyl (C=O) groups is 2. The number of nitrogens with zero attached hydrogens (tertiary/aromatic N) is 3. The van der Waals surface area contributed by atoms with Crippen molar-refractivity contribution in [2.75, 3.05) is 22.2 Å². The first-order valence-electron chi connectivity index (χ1n) is 8.57. The Kier molecular flexibility index (Phi) is 6.23. The highest BCUT2D eigenvalue weighted by Gasteiger charge is 2.52. The van der Waals surface area contributed by atoms with Crippen molar-refractivity contribution in [2.45, 2.75) is 11.3 Å². The zero-order valence-electron chi connectivity index (χ0n) is 15.0. The first-order chi connectivity index (χ1) is 13.5. The number of hydrazine groups is 1. The maximum atomic E-state index is 12.8.